The molecule has 1 aromatic carbocycles. The molecular formula is C10H12FNO. The summed E-state index contributed by atoms with van der Waals surface area (Å²) >= 11 is 0. The Morgan fingerprint density at radius 1 is 1.54 bits per heavy atom. The molecule has 0 aromatic heterocycles. The van der Waals surface area contributed by atoms with Gasteiger partial charge in [-0.2, -0.15) is 0 Å². The molecule has 1 aromatic rings. The monoisotopic (exact) mass is 181 g/mol. The molecule has 1 aliphatic heterocycles. The van der Waals surface area contributed by atoms with Gasteiger partial charge in [0.15, 0.2) is 0 Å². The topological polar surface area (TPSA) is 21.3 Å². The van der Waals surface area contributed by atoms with Crippen LogP contribution in [0.5, 0.6) is 5.75 Å². The van der Waals surface area contributed by atoms with Crippen LogP contribution in [-0.4, -0.2) is 13.7 Å². The summed E-state index contributed by atoms with van der Waals surface area (Å²) in [7, 11) is 1.57. The van der Waals surface area contributed by atoms with E-state index in [1.807, 2.05) is 0 Å². The van der Waals surface area contributed by atoms with Crippen LogP contribution in [0.15, 0.2) is 18.2 Å². The molecule has 1 unspecified atom stereocenters. The van der Waals surface area contributed by atoms with Crippen molar-refractivity contribution in [2.75, 3.05) is 13.7 Å². The van der Waals surface area contributed by atoms with Crippen LogP contribution in [0.2, 0.25) is 0 Å². The largest absolute Gasteiger partial charge is 0.496 e. The molecule has 0 radical (unpaired) electrons. The van der Waals surface area contributed by atoms with E-state index in [0.29, 0.717) is 11.3 Å². The number of hydrogen-bond acceptors (Lipinski definition) is 2. The Balaban J connectivity index is 2.39. The van der Waals surface area contributed by atoms with Crippen LogP contribution in [-0.2, 0) is 0 Å². The van der Waals surface area contributed by atoms with Crippen molar-refractivity contribution in [3.63, 3.8) is 0 Å². The lowest BCUT2D eigenvalue weighted by Crippen LogP contribution is -2.35. The Hall–Kier alpha value is -1.09. The molecule has 0 aliphatic carbocycles. The summed E-state index contributed by atoms with van der Waals surface area (Å²) in [4.78, 5) is 0. The van der Waals surface area contributed by atoms with Crippen molar-refractivity contribution in [3.8, 4) is 5.75 Å². The summed E-state index contributed by atoms with van der Waals surface area (Å²) < 4.78 is 18.5. The Morgan fingerprint density at radius 2 is 2.31 bits per heavy atom. The molecule has 13 heavy (non-hydrogen) atoms. The minimum Gasteiger partial charge on any atom is -0.496 e. The van der Waals surface area contributed by atoms with Crippen LogP contribution >= 0.6 is 0 Å². The van der Waals surface area contributed by atoms with Crippen molar-refractivity contribution in [3.05, 3.63) is 29.6 Å². The number of halogens is 1. The lowest BCUT2D eigenvalue weighted by molar-refractivity contribution is 0.341. The van der Waals surface area contributed by atoms with Gasteiger partial charge in [0.05, 0.1) is 7.11 Å². The van der Waals surface area contributed by atoms with E-state index in [2.05, 4.69) is 5.32 Å². The van der Waals surface area contributed by atoms with Gasteiger partial charge in [0.2, 0.25) is 0 Å². The maximum Gasteiger partial charge on any atom is 0.131 e. The molecule has 0 bridgehead atoms. The molecule has 70 valence electrons. The van der Waals surface area contributed by atoms with Crippen LogP contribution < -0.4 is 10.1 Å². The Bertz CT molecular complexity index is 310. The van der Waals surface area contributed by atoms with Gasteiger partial charge in [0.25, 0.3) is 0 Å². The Labute approximate surface area is 76.7 Å². The van der Waals surface area contributed by atoms with E-state index < -0.39 is 0 Å². The average molecular weight is 181 g/mol. The molecule has 0 amide bonds. The summed E-state index contributed by atoms with van der Waals surface area (Å²) in [6.07, 6.45) is 0.983. The minimum absolute atomic E-state index is 0.135. The number of nitrogens with one attached hydrogen (secondary N) is 1. The molecule has 1 saturated heterocycles. The predicted octanol–water partition coefficient (Wildman–Crippen LogP) is 1.87. The molecule has 0 spiro atoms. The summed E-state index contributed by atoms with van der Waals surface area (Å²) in [5, 5.41) is 3.16. The maximum absolute atomic E-state index is 13.4. The zero-order valence-electron chi connectivity index (χ0n) is 7.51. The van der Waals surface area contributed by atoms with Gasteiger partial charge >= 0.3 is 0 Å². The number of ether oxygens (including phenoxy) is 1. The van der Waals surface area contributed by atoms with E-state index in [0.717, 1.165) is 13.0 Å². The Morgan fingerprint density at radius 3 is 2.85 bits per heavy atom. The fourth-order valence-electron chi connectivity index (χ4n) is 1.57. The van der Waals surface area contributed by atoms with Crippen molar-refractivity contribution < 1.29 is 9.13 Å². The molecule has 1 fully saturated rings. The van der Waals surface area contributed by atoms with E-state index in [9.17, 15) is 4.39 Å². The highest BCUT2D eigenvalue weighted by atomic mass is 19.1. The second-order valence-electron chi connectivity index (χ2n) is 3.15. The van der Waals surface area contributed by atoms with Crippen LogP contribution in [0.1, 0.15) is 18.0 Å². The third-order valence-electron chi connectivity index (χ3n) is 2.41. The van der Waals surface area contributed by atoms with Gasteiger partial charge in [0.1, 0.15) is 11.6 Å². The second kappa shape index (κ2) is 3.34. The van der Waals surface area contributed by atoms with Crippen molar-refractivity contribution in [2.24, 2.45) is 0 Å². The zero-order valence-corrected chi connectivity index (χ0v) is 7.51. The van der Waals surface area contributed by atoms with Crippen molar-refractivity contribution in [1.82, 2.24) is 5.32 Å². The third kappa shape index (κ3) is 1.40. The first-order valence-electron chi connectivity index (χ1n) is 4.38. The normalized spacial score (nSPS) is 20.9. The molecule has 2 rings (SSSR count). The van der Waals surface area contributed by atoms with Crippen LogP contribution in [0.25, 0.3) is 0 Å². The van der Waals surface area contributed by atoms with Crippen LogP contribution in [0.3, 0.4) is 0 Å². The molecule has 1 aliphatic rings. The number of rotatable bonds is 2. The van der Waals surface area contributed by atoms with E-state index in [1.54, 1.807) is 19.2 Å². The van der Waals surface area contributed by atoms with Crippen LogP contribution in [0, 0.1) is 5.82 Å². The van der Waals surface area contributed by atoms with Crippen LogP contribution in [0.4, 0.5) is 4.39 Å². The van der Waals surface area contributed by atoms with Gasteiger partial charge in [-0.1, -0.05) is 6.07 Å². The fraction of sp³-hybridized carbons (Fsp3) is 0.400. The molecule has 2 nitrogen and oxygen atoms in total. The van der Waals surface area contributed by atoms with Gasteiger partial charge in [-0.25, -0.2) is 4.39 Å². The molecule has 0 saturated carbocycles. The number of methoxy groups -OCH3 is 1. The molecular weight excluding hydrogens is 169 g/mol. The van der Waals surface area contributed by atoms with Crippen molar-refractivity contribution in [1.29, 1.82) is 0 Å². The van der Waals surface area contributed by atoms with Gasteiger partial charge in [-0.05, 0) is 25.1 Å². The molecule has 1 heterocycles. The second-order valence-corrected chi connectivity index (χ2v) is 3.15. The van der Waals surface area contributed by atoms with Crippen molar-refractivity contribution >= 4 is 0 Å². The SMILES string of the molecule is COc1cccc(F)c1C1CCN1. The highest BCUT2D eigenvalue weighted by Gasteiger charge is 2.24. The lowest BCUT2D eigenvalue weighted by Gasteiger charge is -2.29. The summed E-state index contributed by atoms with van der Waals surface area (Å²) in [5.74, 6) is 0.453. The first kappa shape index (κ1) is 8.51. The summed E-state index contributed by atoms with van der Waals surface area (Å²) in [5.41, 5.74) is 0.663. The fourth-order valence-corrected chi connectivity index (χ4v) is 1.57. The third-order valence-corrected chi connectivity index (χ3v) is 2.41. The summed E-state index contributed by atoms with van der Waals surface area (Å²) in [6.45, 7) is 0.960. The van der Waals surface area contributed by atoms with Gasteiger partial charge in [-0.15, -0.1) is 0 Å². The maximum atomic E-state index is 13.4. The van der Waals surface area contributed by atoms with E-state index in [4.69, 9.17) is 4.74 Å². The van der Waals surface area contributed by atoms with E-state index in [-0.39, 0.29) is 11.9 Å². The number of benzene rings is 1. The van der Waals surface area contributed by atoms with Gasteiger partial charge in [-0.3, -0.25) is 0 Å². The van der Waals surface area contributed by atoms with E-state index in [1.165, 1.54) is 6.07 Å². The molecule has 1 N–H and O–H groups in total. The van der Waals surface area contributed by atoms with Crippen molar-refractivity contribution in [2.45, 2.75) is 12.5 Å². The summed E-state index contributed by atoms with van der Waals surface area (Å²) in [6, 6.07) is 5.06. The predicted molar refractivity (Wildman–Crippen MR) is 48.3 cm³/mol. The first-order valence-corrected chi connectivity index (χ1v) is 4.38. The smallest absolute Gasteiger partial charge is 0.131 e. The highest BCUT2D eigenvalue weighted by molar-refractivity contribution is 5.38. The standard InChI is InChI=1S/C10H12FNO/c1-13-9-4-2-3-7(11)10(9)8-5-6-12-8/h2-4,8,12H,5-6H2,1H3. The number of hydrogen-bond donors (Lipinski definition) is 1. The molecule has 1 atom stereocenters. The molecule has 3 heteroatoms. The van der Waals surface area contributed by atoms with Gasteiger partial charge < -0.3 is 10.1 Å². The minimum atomic E-state index is -0.184. The quantitative estimate of drug-likeness (QED) is 0.752. The lowest BCUT2D eigenvalue weighted by atomic mass is 9.96. The highest BCUT2D eigenvalue weighted by Crippen LogP contribution is 2.32. The Kier molecular flexibility index (Phi) is 2.19. The van der Waals surface area contributed by atoms with E-state index >= 15 is 0 Å². The van der Waals surface area contributed by atoms with Gasteiger partial charge in [0, 0.05) is 11.6 Å². The zero-order chi connectivity index (χ0) is 9.26. The average Bonchev–Trinajstić information content (AvgIpc) is 2.05. The first-order chi connectivity index (χ1) is 6.33.